The lowest BCUT2D eigenvalue weighted by atomic mass is 10.0. The summed E-state index contributed by atoms with van der Waals surface area (Å²) in [5.74, 6) is 1.74. The van der Waals surface area contributed by atoms with E-state index in [4.69, 9.17) is 67.9 Å². The third kappa shape index (κ3) is 33.2. The number of aliphatic carboxylic acids is 1. The van der Waals surface area contributed by atoms with Crippen LogP contribution in [0.25, 0.3) is 10.2 Å². The highest BCUT2D eigenvalue weighted by molar-refractivity contribution is 7.22. The largest absolute Gasteiger partial charge is 0.491 e. The molecule has 0 spiro atoms. The molecule has 6 heterocycles. The number of thiazole rings is 2. The standard InChI is InChI=1S/C83H109FN16O21S2/c1-56(2)74(90-70(101)24-32-111-35-29-98-71(102)22-23-72(98)103)79(107)88-66(15-8-26-86-81(85)110)78(106)87-61-20-19-59(60(51-61)54-120-55-62-52-97(96-93-62)28-34-113-37-39-115-41-43-117-45-47-119-49-48-118-46-44-116-42-40-114-38-36-112-33-25-73(104)105)53-100(4,5)30-10-12-58-18-21-67(64(84)50-58)121-31-11-17-69-75(80(108)109)91-83(123-69)99-27-9-13-63-57(3)76(94-95-77(63)99)92-82-89-65-14-6-7-16-68(65)122-82/h6-7,14,16,18-23,50-52,56,66,74H,8-9,11,13,15,17,24-49,53-55H2,1-5H3,(H8-,85,86,87,88,89,90,92,94,101,104,105,106,107,108,109,110)/p+1/t66-,74-/m0/s1. The Hall–Kier alpha value is -10.6. The number of carbonyl (C=O) groups excluding carboxylic acids is 6. The molecule has 3 aromatic carbocycles. The number of nitrogens with two attached hydrogens (primary N) is 1. The summed E-state index contributed by atoms with van der Waals surface area (Å²) < 4.78 is 80.6. The van der Waals surface area contributed by atoms with E-state index in [1.54, 1.807) is 42.9 Å². The number of aromatic carboxylic acids is 1. The lowest BCUT2D eigenvalue weighted by Gasteiger charge is -2.29. The summed E-state index contributed by atoms with van der Waals surface area (Å²) in [5, 5.41) is 52.1. The number of carbonyl (C=O) groups is 8. The number of benzene rings is 3. The van der Waals surface area contributed by atoms with Gasteiger partial charge in [0.05, 0.1) is 189 Å². The van der Waals surface area contributed by atoms with Crippen LogP contribution in [0.5, 0.6) is 5.75 Å². The molecule has 4 aromatic heterocycles. The fourth-order valence-corrected chi connectivity index (χ4v) is 14.5. The number of ether oxygens (including phenoxy) is 11. The molecule has 40 heteroatoms. The molecule has 2 atom stereocenters. The number of fused-ring (bicyclic) bond motifs is 2. The highest BCUT2D eigenvalue weighted by Crippen LogP contribution is 2.39. The summed E-state index contributed by atoms with van der Waals surface area (Å²) in [6.07, 6.45) is 6.39. The minimum Gasteiger partial charge on any atom is -0.491 e. The van der Waals surface area contributed by atoms with Crippen molar-refractivity contribution in [3.8, 4) is 17.6 Å². The molecular formula is C83H110FN16O21S2+. The first-order valence-corrected chi connectivity index (χ1v) is 42.3. The zero-order valence-electron chi connectivity index (χ0n) is 69.9. The SMILES string of the molecule is Cc1c(Nc2nc3ccccc3s2)nnc2c1CCCN2c1nc(C(=O)O)c(CCCOc2ccc(C#CC[N+](C)(C)Cc3ccc(NC(=O)[C@H](CCCNC(N)=O)NC(=O)[C@@H](NC(=O)CCOCCN4C(=O)C=CC4=O)C(C)C)cc3COCc3cn(CCOCCOCCOCCOCCOCCOCCOCCOCCC(=O)O)nn3)cc2F)s1. The fourth-order valence-electron chi connectivity index (χ4n) is 12.5. The van der Waals surface area contributed by atoms with E-state index in [9.17, 15) is 43.5 Å². The summed E-state index contributed by atoms with van der Waals surface area (Å²) >= 11 is 2.79. The monoisotopic (exact) mass is 1750 g/mol. The first-order valence-electron chi connectivity index (χ1n) is 40.7. The van der Waals surface area contributed by atoms with Gasteiger partial charge in [0, 0.05) is 64.5 Å². The van der Waals surface area contributed by atoms with Crippen molar-refractivity contribution in [3.05, 3.63) is 129 Å². The predicted molar refractivity (Wildman–Crippen MR) is 451 cm³/mol. The van der Waals surface area contributed by atoms with Crippen molar-refractivity contribution < 1.29 is 110 Å². The second-order valence-electron chi connectivity index (χ2n) is 29.4. The van der Waals surface area contributed by atoms with Gasteiger partial charge in [-0.25, -0.2) is 28.6 Å². The Bertz CT molecular complexity index is 4660. The summed E-state index contributed by atoms with van der Waals surface area (Å²) in [6.45, 7) is 13.2. The maximum absolute atomic E-state index is 15.8. The van der Waals surface area contributed by atoms with Gasteiger partial charge in [0.2, 0.25) is 17.7 Å². The highest BCUT2D eigenvalue weighted by atomic mass is 32.1. The minimum atomic E-state index is -1.17. The molecule has 0 saturated carbocycles. The van der Waals surface area contributed by atoms with Crippen LogP contribution in [0.2, 0.25) is 0 Å². The molecular weight excluding hydrogens is 1640 g/mol. The second kappa shape index (κ2) is 51.4. The third-order valence-corrected chi connectivity index (χ3v) is 21.0. The van der Waals surface area contributed by atoms with E-state index in [0.717, 1.165) is 56.8 Å². The number of nitrogens with one attached hydrogen (secondary N) is 5. The summed E-state index contributed by atoms with van der Waals surface area (Å²) in [6, 6.07) is 14.7. The Balaban J connectivity index is 0.749. The molecule has 2 aliphatic rings. The van der Waals surface area contributed by atoms with Crippen LogP contribution in [0.15, 0.2) is 79.0 Å². The van der Waals surface area contributed by atoms with Gasteiger partial charge in [-0.1, -0.05) is 54.5 Å². The smallest absolute Gasteiger partial charge is 0.355 e. The van der Waals surface area contributed by atoms with Crippen molar-refractivity contribution in [1.82, 2.24) is 56.0 Å². The van der Waals surface area contributed by atoms with Crippen LogP contribution in [0, 0.1) is 30.5 Å². The van der Waals surface area contributed by atoms with E-state index in [1.165, 1.54) is 34.8 Å². The molecule has 9 N–H and O–H groups in total. The topological polar surface area (TPSA) is 453 Å². The van der Waals surface area contributed by atoms with Gasteiger partial charge >= 0.3 is 18.0 Å². The van der Waals surface area contributed by atoms with Crippen molar-refractivity contribution in [1.29, 1.82) is 0 Å². The lowest BCUT2D eigenvalue weighted by molar-refractivity contribution is -0.896. The number of nitrogens with zero attached hydrogens (tertiary/aromatic N) is 10. The fraction of sp³-hybridized carbons (Fsp3) is 0.518. The van der Waals surface area contributed by atoms with E-state index in [1.807, 2.05) is 56.3 Å². The maximum Gasteiger partial charge on any atom is 0.355 e. The van der Waals surface area contributed by atoms with Gasteiger partial charge in [0.15, 0.2) is 39.2 Å². The summed E-state index contributed by atoms with van der Waals surface area (Å²) in [4.78, 5) is 113. The number of amides is 7. The van der Waals surface area contributed by atoms with Gasteiger partial charge in [-0.15, -0.1) is 26.6 Å². The number of halogens is 1. The zero-order valence-corrected chi connectivity index (χ0v) is 71.5. The van der Waals surface area contributed by atoms with E-state index in [2.05, 4.69) is 63.9 Å². The molecule has 7 amide bonds. The predicted octanol–water partition coefficient (Wildman–Crippen LogP) is 6.42. The average Bonchev–Trinajstić information content (AvgIpc) is 1.45. The van der Waals surface area contributed by atoms with Crippen LogP contribution in [0.3, 0.4) is 0 Å². The number of aryl methyl sites for hydroxylation is 1. The molecule has 0 radical (unpaired) electrons. The van der Waals surface area contributed by atoms with Gasteiger partial charge < -0.3 is 104 Å². The Kier molecular flexibility index (Phi) is 40.2. The van der Waals surface area contributed by atoms with Crippen LogP contribution in [0.1, 0.15) is 101 Å². The third-order valence-electron chi connectivity index (χ3n) is 18.9. The number of urea groups is 1. The molecule has 123 heavy (non-hydrogen) atoms. The number of aromatic nitrogens is 7. The maximum atomic E-state index is 15.8. The molecule has 0 saturated heterocycles. The first kappa shape index (κ1) is 96.2. The van der Waals surface area contributed by atoms with E-state index in [-0.39, 0.29) is 89.9 Å². The molecule has 2 aliphatic heterocycles. The molecule has 7 aromatic rings. The summed E-state index contributed by atoms with van der Waals surface area (Å²) in [5.41, 5.74) is 10.9. The van der Waals surface area contributed by atoms with Gasteiger partial charge in [-0.05, 0) is 105 Å². The number of quaternary nitrogens is 1. The number of carboxylic acid groups (broad SMARTS) is 2. The lowest BCUT2D eigenvalue weighted by Crippen LogP contribution is -2.54. The van der Waals surface area contributed by atoms with Crippen molar-refractivity contribution in [3.63, 3.8) is 0 Å². The number of hydrogen-bond donors (Lipinski definition) is 8. The van der Waals surface area contributed by atoms with Crippen LogP contribution in [-0.4, -0.2) is 280 Å². The number of primary amides is 1. The highest BCUT2D eigenvalue weighted by Gasteiger charge is 2.32. The first-order chi connectivity index (χ1) is 59.5. The second-order valence-corrected chi connectivity index (χ2v) is 31.4. The van der Waals surface area contributed by atoms with Gasteiger partial charge in [-0.2, -0.15) is 0 Å². The molecule has 666 valence electrons. The quantitative estimate of drug-likeness (QED) is 0.00882. The number of imide groups is 1. The molecule has 0 aliphatic carbocycles. The molecule has 9 rings (SSSR count). The van der Waals surface area contributed by atoms with Gasteiger partial charge in [-0.3, -0.25) is 33.7 Å². The molecule has 0 fully saturated rings. The number of carboxylic acids is 2. The Labute approximate surface area is 720 Å². The Morgan fingerprint density at radius 3 is 1.99 bits per heavy atom. The Morgan fingerprint density at radius 1 is 0.691 bits per heavy atom. The number of hydrogen-bond acceptors (Lipinski definition) is 29. The number of anilines is 5. The molecule has 37 nitrogen and oxygen atoms in total. The minimum absolute atomic E-state index is 0.00276. The molecule has 0 unspecified atom stereocenters. The van der Waals surface area contributed by atoms with Gasteiger partial charge in [0.1, 0.15) is 30.9 Å². The van der Waals surface area contributed by atoms with Crippen LogP contribution < -0.4 is 42.0 Å². The van der Waals surface area contributed by atoms with Gasteiger partial charge in [0.25, 0.3) is 11.8 Å². The van der Waals surface area contributed by atoms with Crippen molar-refractivity contribution in [2.75, 3.05) is 181 Å². The molecule has 0 bridgehead atoms. The Morgan fingerprint density at radius 2 is 1.34 bits per heavy atom. The van der Waals surface area contributed by atoms with Crippen LogP contribution in [-0.2, 0) is 115 Å². The number of rotatable bonds is 59. The zero-order chi connectivity index (χ0) is 87.7. The summed E-state index contributed by atoms with van der Waals surface area (Å²) in [7, 11) is 3.96. The van der Waals surface area contributed by atoms with E-state index < -0.39 is 71.3 Å². The van der Waals surface area contributed by atoms with Crippen molar-refractivity contribution in [2.24, 2.45) is 11.7 Å². The van der Waals surface area contributed by atoms with Crippen molar-refractivity contribution in [2.45, 2.75) is 111 Å². The van der Waals surface area contributed by atoms with Crippen LogP contribution in [0.4, 0.5) is 36.8 Å². The normalized spacial score (nSPS) is 13.1. The average molecular weight is 1750 g/mol. The van der Waals surface area contributed by atoms with Crippen molar-refractivity contribution >= 4 is 108 Å². The van der Waals surface area contributed by atoms with E-state index >= 15 is 4.39 Å². The number of para-hydroxylation sites is 1. The van der Waals surface area contributed by atoms with E-state index in [0.29, 0.717) is 192 Å². The van der Waals surface area contributed by atoms with Crippen LogP contribution >= 0.6 is 22.7 Å².